The average Bonchev–Trinajstić information content (AvgIpc) is 2.46. The van der Waals surface area contributed by atoms with Crippen LogP contribution in [0.2, 0.25) is 0 Å². The molecule has 0 radical (unpaired) electrons. The van der Waals surface area contributed by atoms with Crippen molar-refractivity contribution in [2.24, 2.45) is 0 Å². The molecule has 1 heterocycles. The van der Waals surface area contributed by atoms with E-state index in [-0.39, 0.29) is 0 Å². The van der Waals surface area contributed by atoms with Crippen molar-refractivity contribution >= 4 is 11.6 Å². The fourth-order valence-corrected chi connectivity index (χ4v) is 1.90. The largest absolute Gasteiger partial charge is 0.493 e. The Kier molecular flexibility index (Phi) is 4.63. The van der Waals surface area contributed by atoms with Crippen molar-refractivity contribution in [3.8, 4) is 11.5 Å². The summed E-state index contributed by atoms with van der Waals surface area (Å²) in [4.78, 5) is 4.30. The lowest BCUT2D eigenvalue weighted by Gasteiger charge is -2.12. The standard InChI is InChI=1S/C15H16ClNO2/c1-11-4-3-7-17-13(11)10-19-15-8-12(9-16)5-6-14(15)18-2/h3-8H,9-10H2,1-2H3. The number of nitrogens with zero attached hydrogens (tertiary/aromatic N) is 1. The highest BCUT2D eigenvalue weighted by Gasteiger charge is 2.07. The molecule has 0 aliphatic rings. The van der Waals surface area contributed by atoms with Gasteiger partial charge in [-0.05, 0) is 36.2 Å². The van der Waals surface area contributed by atoms with Crippen LogP contribution in [0, 0.1) is 6.92 Å². The third kappa shape index (κ3) is 3.38. The highest BCUT2D eigenvalue weighted by molar-refractivity contribution is 6.17. The highest BCUT2D eigenvalue weighted by Crippen LogP contribution is 2.29. The molecular formula is C15H16ClNO2. The number of pyridine rings is 1. The first-order valence-electron chi connectivity index (χ1n) is 6.00. The Bertz CT molecular complexity index is 558. The van der Waals surface area contributed by atoms with E-state index in [1.165, 1.54) is 0 Å². The Morgan fingerprint density at radius 3 is 2.74 bits per heavy atom. The molecule has 2 aromatic rings. The smallest absolute Gasteiger partial charge is 0.162 e. The van der Waals surface area contributed by atoms with Crippen LogP contribution in [0.15, 0.2) is 36.5 Å². The zero-order valence-corrected chi connectivity index (χ0v) is 11.8. The van der Waals surface area contributed by atoms with Crippen molar-refractivity contribution in [2.75, 3.05) is 7.11 Å². The number of hydrogen-bond acceptors (Lipinski definition) is 3. The summed E-state index contributed by atoms with van der Waals surface area (Å²) in [5.74, 6) is 1.83. The lowest BCUT2D eigenvalue weighted by Crippen LogP contribution is -2.02. The van der Waals surface area contributed by atoms with Crippen LogP contribution in [0.3, 0.4) is 0 Å². The molecule has 0 saturated carbocycles. The number of hydrogen-bond donors (Lipinski definition) is 0. The maximum absolute atomic E-state index is 5.83. The molecule has 3 nitrogen and oxygen atoms in total. The van der Waals surface area contributed by atoms with Gasteiger partial charge in [-0.3, -0.25) is 4.98 Å². The second kappa shape index (κ2) is 6.43. The van der Waals surface area contributed by atoms with Gasteiger partial charge in [0.1, 0.15) is 6.61 Å². The molecule has 0 saturated heterocycles. The number of alkyl halides is 1. The van der Waals surface area contributed by atoms with Gasteiger partial charge in [0.2, 0.25) is 0 Å². The minimum Gasteiger partial charge on any atom is -0.493 e. The molecule has 100 valence electrons. The Hall–Kier alpha value is -1.74. The van der Waals surface area contributed by atoms with Crippen LogP contribution in [0.1, 0.15) is 16.8 Å². The molecule has 0 atom stereocenters. The fourth-order valence-electron chi connectivity index (χ4n) is 1.73. The van der Waals surface area contributed by atoms with Gasteiger partial charge in [0.05, 0.1) is 12.8 Å². The number of benzene rings is 1. The normalized spacial score (nSPS) is 10.3. The van der Waals surface area contributed by atoms with Crippen molar-refractivity contribution in [3.05, 3.63) is 53.3 Å². The number of aromatic nitrogens is 1. The van der Waals surface area contributed by atoms with Crippen LogP contribution in [0.4, 0.5) is 0 Å². The van der Waals surface area contributed by atoms with Crippen LogP contribution < -0.4 is 9.47 Å². The monoisotopic (exact) mass is 277 g/mol. The van der Waals surface area contributed by atoms with Crippen LogP contribution in [-0.4, -0.2) is 12.1 Å². The number of aryl methyl sites for hydroxylation is 1. The Balaban J connectivity index is 2.16. The molecule has 0 unspecified atom stereocenters. The molecule has 1 aromatic heterocycles. The van der Waals surface area contributed by atoms with E-state index in [0.29, 0.717) is 24.0 Å². The molecular weight excluding hydrogens is 262 g/mol. The van der Waals surface area contributed by atoms with Gasteiger partial charge in [-0.1, -0.05) is 12.1 Å². The minimum absolute atomic E-state index is 0.411. The summed E-state index contributed by atoms with van der Waals surface area (Å²) in [5.41, 5.74) is 3.02. The second-order valence-electron chi connectivity index (χ2n) is 4.17. The Morgan fingerprint density at radius 1 is 1.21 bits per heavy atom. The fraction of sp³-hybridized carbons (Fsp3) is 0.267. The van der Waals surface area contributed by atoms with Gasteiger partial charge in [0, 0.05) is 12.1 Å². The summed E-state index contributed by atoms with van der Waals surface area (Å²) in [6.07, 6.45) is 1.76. The Labute approximate surface area is 118 Å². The topological polar surface area (TPSA) is 31.4 Å². The number of halogens is 1. The van der Waals surface area contributed by atoms with Gasteiger partial charge in [-0.25, -0.2) is 0 Å². The average molecular weight is 278 g/mol. The maximum atomic E-state index is 5.83. The molecule has 19 heavy (non-hydrogen) atoms. The van der Waals surface area contributed by atoms with Crippen molar-refractivity contribution in [2.45, 2.75) is 19.4 Å². The number of methoxy groups -OCH3 is 1. The van der Waals surface area contributed by atoms with E-state index in [2.05, 4.69) is 4.98 Å². The van der Waals surface area contributed by atoms with Crippen LogP contribution >= 0.6 is 11.6 Å². The lowest BCUT2D eigenvalue weighted by atomic mass is 10.2. The molecule has 0 aliphatic heterocycles. The third-order valence-electron chi connectivity index (χ3n) is 2.86. The lowest BCUT2D eigenvalue weighted by molar-refractivity contribution is 0.280. The van der Waals surface area contributed by atoms with E-state index >= 15 is 0 Å². The zero-order valence-electron chi connectivity index (χ0n) is 11.0. The van der Waals surface area contributed by atoms with E-state index in [9.17, 15) is 0 Å². The molecule has 0 N–H and O–H groups in total. The molecule has 0 aliphatic carbocycles. The number of rotatable bonds is 5. The molecule has 0 spiro atoms. The van der Waals surface area contributed by atoms with Crippen molar-refractivity contribution in [1.82, 2.24) is 4.98 Å². The van der Waals surface area contributed by atoms with E-state index < -0.39 is 0 Å². The van der Waals surface area contributed by atoms with Crippen LogP contribution in [0.25, 0.3) is 0 Å². The summed E-state index contributed by atoms with van der Waals surface area (Å²) in [5, 5.41) is 0. The molecule has 0 amide bonds. The van der Waals surface area contributed by atoms with Gasteiger partial charge in [0.15, 0.2) is 11.5 Å². The first-order valence-corrected chi connectivity index (χ1v) is 6.54. The van der Waals surface area contributed by atoms with Gasteiger partial charge < -0.3 is 9.47 Å². The first-order chi connectivity index (χ1) is 9.24. The summed E-state index contributed by atoms with van der Waals surface area (Å²) in [7, 11) is 1.62. The van der Waals surface area contributed by atoms with Crippen molar-refractivity contribution in [3.63, 3.8) is 0 Å². The molecule has 0 bridgehead atoms. The van der Waals surface area contributed by atoms with Crippen molar-refractivity contribution < 1.29 is 9.47 Å². The minimum atomic E-state index is 0.411. The van der Waals surface area contributed by atoms with Gasteiger partial charge in [-0.2, -0.15) is 0 Å². The Morgan fingerprint density at radius 2 is 2.05 bits per heavy atom. The summed E-state index contributed by atoms with van der Waals surface area (Å²) >= 11 is 5.83. The van der Waals surface area contributed by atoms with E-state index in [1.54, 1.807) is 13.3 Å². The SMILES string of the molecule is COc1ccc(CCl)cc1OCc1ncccc1C. The zero-order chi connectivity index (χ0) is 13.7. The van der Waals surface area contributed by atoms with E-state index in [0.717, 1.165) is 16.8 Å². The van der Waals surface area contributed by atoms with E-state index in [4.69, 9.17) is 21.1 Å². The van der Waals surface area contributed by atoms with Crippen LogP contribution in [0.5, 0.6) is 11.5 Å². The predicted octanol–water partition coefficient (Wildman–Crippen LogP) is 3.72. The summed E-state index contributed by atoms with van der Waals surface area (Å²) in [6.45, 7) is 2.42. The van der Waals surface area contributed by atoms with Gasteiger partial charge in [0.25, 0.3) is 0 Å². The second-order valence-corrected chi connectivity index (χ2v) is 4.44. The predicted molar refractivity (Wildman–Crippen MR) is 75.9 cm³/mol. The molecule has 1 aromatic carbocycles. The highest BCUT2D eigenvalue weighted by atomic mass is 35.5. The number of ether oxygens (including phenoxy) is 2. The quantitative estimate of drug-likeness (QED) is 0.781. The van der Waals surface area contributed by atoms with Crippen LogP contribution in [-0.2, 0) is 12.5 Å². The third-order valence-corrected chi connectivity index (χ3v) is 3.17. The molecule has 0 fully saturated rings. The summed E-state index contributed by atoms with van der Waals surface area (Å²) < 4.78 is 11.1. The van der Waals surface area contributed by atoms with Crippen molar-refractivity contribution in [1.29, 1.82) is 0 Å². The van der Waals surface area contributed by atoms with Gasteiger partial charge >= 0.3 is 0 Å². The maximum Gasteiger partial charge on any atom is 0.162 e. The molecule has 4 heteroatoms. The molecule has 2 rings (SSSR count). The summed E-state index contributed by atoms with van der Waals surface area (Å²) in [6, 6.07) is 9.60. The van der Waals surface area contributed by atoms with E-state index in [1.807, 2.05) is 37.3 Å². The first kappa shape index (κ1) is 13.7. The van der Waals surface area contributed by atoms with Gasteiger partial charge in [-0.15, -0.1) is 11.6 Å².